The zero-order valence-corrected chi connectivity index (χ0v) is 13.9. The molecule has 0 fully saturated rings. The Morgan fingerprint density at radius 1 is 0.833 bits per heavy atom. The predicted molar refractivity (Wildman–Crippen MR) is 95.6 cm³/mol. The number of hydrogen-bond donors (Lipinski definition) is 0. The third-order valence-electron chi connectivity index (χ3n) is 4.77. The number of fused-ring (bicyclic) bond motifs is 3. The Bertz CT molecular complexity index is 883. The molecule has 0 aliphatic heterocycles. The molecule has 3 aromatic rings. The molecule has 1 aliphatic carbocycles. The van der Waals surface area contributed by atoms with Gasteiger partial charge >= 0.3 is 0 Å². The van der Waals surface area contributed by atoms with E-state index in [0.717, 1.165) is 33.6 Å². The number of halogens is 1. The van der Waals surface area contributed by atoms with Crippen molar-refractivity contribution in [2.75, 3.05) is 7.11 Å². The van der Waals surface area contributed by atoms with E-state index >= 15 is 0 Å². The van der Waals surface area contributed by atoms with E-state index in [0.29, 0.717) is 0 Å². The Labute approximate surface area is 145 Å². The first-order valence-electron chi connectivity index (χ1n) is 7.73. The summed E-state index contributed by atoms with van der Waals surface area (Å²) in [5.74, 6) is 0.746. The molecule has 0 heterocycles. The Morgan fingerprint density at radius 3 is 1.79 bits per heavy atom. The van der Waals surface area contributed by atoms with Gasteiger partial charge in [-0.15, -0.1) is 0 Å². The molecule has 1 aliphatic rings. The lowest BCUT2D eigenvalue weighted by Gasteiger charge is -2.28. The van der Waals surface area contributed by atoms with Crippen LogP contribution in [0.15, 0.2) is 72.8 Å². The number of carbonyl (C=O) groups excluding carboxylic acids is 1. The first-order chi connectivity index (χ1) is 11.7. The summed E-state index contributed by atoms with van der Waals surface area (Å²) < 4.78 is 5.25. The average molecular weight is 335 g/mol. The third kappa shape index (κ3) is 1.87. The highest BCUT2D eigenvalue weighted by atomic mass is 35.5. The number of ether oxygens (including phenoxy) is 1. The molecule has 24 heavy (non-hydrogen) atoms. The Hall–Kier alpha value is -2.58. The monoisotopic (exact) mass is 334 g/mol. The zero-order chi connectivity index (χ0) is 16.7. The van der Waals surface area contributed by atoms with Crippen LogP contribution in [-0.2, 0) is 10.2 Å². The lowest BCUT2D eigenvalue weighted by molar-refractivity contribution is -0.114. The van der Waals surface area contributed by atoms with Crippen LogP contribution in [0.3, 0.4) is 0 Å². The van der Waals surface area contributed by atoms with Crippen molar-refractivity contribution in [3.05, 3.63) is 89.5 Å². The standard InChI is InChI=1S/C21H15ClO2/c1-24-15-12-10-14(11-13-15)21(20(22)23)18-8-4-2-6-16(18)17-7-3-5-9-19(17)21/h2-13H,1H3. The van der Waals surface area contributed by atoms with Crippen molar-refractivity contribution < 1.29 is 9.53 Å². The molecule has 118 valence electrons. The van der Waals surface area contributed by atoms with Crippen LogP contribution in [0.5, 0.6) is 5.75 Å². The largest absolute Gasteiger partial charge is 0.497 e. The second-order valence-corrected chi connectivity index (χ2v) is 6.19. The molecule has 0 N–H and O–H groups in total. The molecule has 0 radical (unpaired) electrons. The summed E-state index contributed by atoms with van der Waals surface area (Å²) in [6, 6.07) is 23.5. The first kappa shape index (κ1) is 15.0. The lowest BCUT2D eigenvalue weighted by atomic mass is 9.73. The van der Waals surface area contributed by atoms with Gasteiger partial charge in [0.25, 0.3) is 0 Å². The quantitative estimate of drug-likeness (QED) is 0.645. The van der Waals surface area contributed by atoms with E-state index in [9.17, 15) is 4.79 Å². The second kappa shape index (κ2) is 5.50. The van der Waals surface area contributed by atoms with Gasteiger partial charge in [0.15, 0.2) is 0 Å². The van der Waals surface area contributed by atoms with Crippen LogP contribution >= 0.6 is 11.6 Å². The molecular weight excluding hydrogens is 320 g/mol. The van der Waals surface area contributed by atoms with Crippen LogP contribution in [0, 0.1) is 0 Å². The normalized spacial score (nSPS) is 13.9. The smallest absolute Gasteiger partial charge is 0.241 e. The molecule has 0 spiro atoms. The van der Waals surface area contributed by atoms with E-state index in [-0.39, 0.29) is 0 Å². The molecule has 0 atom stereocenters. The number of methoxy groups -OCH3 is 1. The van der Waals surface area contributed by atoms with Crippen LogP contribution in [0.25, 0.3) is 11.1 Å². The van der Waals surface area contributed by atoms with Gasteiger partial charge in [-0.2, -0.15) is 0 Å². The maximum atomic E-state index is 12.8. The fraction of sp³-hybridized carbons (Fsp3) is 0.0952. The van der Waals surface area contributed by atoms with Crippen LogP contribution in [-0.4, -0.2) is 12.4 Å². The molecule has 2 nitrogen and oxygen atoms in total. The molecule has 3 heteroatoms. The molecule has 0 bridgehead atoms. The van der Waals surface area contributed by atoms with E-state index in [1.807, 2.05) is 72.8 Å². The number of hydrogen-bond acceptors (Lipinski definition) is 2. The Morgan fingerprint density at radius 2 is 1.33 bits per heavy atom. The number of benzene rings is 3. The predicted octanol–water partition coefficient (Wildman–Crippen LogP) is 4.78. The zero-order valence-electron chi connectivity index (χ0n) is 13.1. The third-order valence-corrected chi connectivity index (χ3v) is 5.05. The van der Waals surface area contributed by atoms with Gasteiger partial charge in [0.2, 0.25) is 5.24 Å². The topological polar surface area (TPSA) is 26.3 Å². The van der Waals surface area contributed by atoms with Gasteiger partial charge in [-0.05, 0) is 51.6 Å². The summed E-state index contributed by atoms with van der Waals surface area (Å²) in [5.41, 5.74) is 3.82. The van der Waals surface area contributed by atoms with Gasteiger partial charge < -0.3 is 4.74 Å². The van der Waals surface area contributed by atoms with Crippen molar-refractivity contribution in [3.63, 3.8) is 0 Å². The molecule has 0 aromatic heterocycles. The van der Waals surface area contributed by atoms with Crippen LogP contribution < -0.4 is 4.74 Å². The van der Waals surface area contributed by atoms with Crippen molar-refractivity contribution in [1.29, 1.82) is 0 Å². The van der Waals surface area contributed by atoms with Gasteiger partial charge in [-0.1, -0.05) is 60.7 Å². The van der Waals surface area contributed by atoms with Crippen molar-refractivity contribution in [3.8, 4) is 16.9 Å². The maximum Gasteiger partial charge on any atom is 0.241 e. The van der Waals surface area contributed by atoms with E-state index < -0.39 is 10.7 Å². The summed E-state index contributed by atoms with van der Waals surface area (Å²) in [4.78, 5) is 12.8. The highest BCUT2D eigenvalue weighted by Crippen LogP contribution is 2.53. The van der Waals surface area contributed by atoms with Crippen molar-refractivity contribution in [2.45, 2.75) is 5.41 Å². The van der Waals surface area contributed by atoms with Crippen LogP contribution in [0.1, 0.15) is 16.7 Å². The molecule has 0 saturated carbocycles. The van der Waals surface area contributed by atoms with Crippen molar-refractivity contribution in [2.24, 2.45) is 0 Å². The summed E-state index contributed by atoms with van der Waals surface area (Å²) in [5, 5.41) is -0.398. The highest BCUT2D eigenvalue weighted by molar-refractivity contribution is 6.66. The van der Waals surface area contributed by atoms with Crippen LogP contribution in [0.4, 0.5) is 0 Å². The van der Waals surface area contributed by atoms with Gasteiger partial charge in [-0.25, -0.2) is 0 Å². The Kier molecular flexibility index (Phi) is 3.43. The molecular formula is C21H15ClO2. The summed E-state index contributed by atoms with van der Waals surface area (Å²) >= 11 is 6.23. The van der Waals surface area contributed by atoms with Gasteiger partial charge in [-0.3, -0.25) is 4.79 Å². The SMILES string of the molecule is COc1ccc(C2(C(=O)Cl)c3ccccc3-c3ccccc32)cc1. The molecule has 4 rings (SSSR count). The second-order valence-electron chi connectivity index (χ2n) is 5.84. The van der Waals surface area contributed by atoms with Crippen molar-refractivity contribution in [1.82, 2.24) is 0 Å². The summed E-state index contributed by atoms with van der Waals surface area (Å²) in [6.07, 6.45) is 0. The first-order valence-corrected chi connectivity index (χ1v) is 8.11. The fourth-order valence-corrected chi connectivity index (χ4v) is 4.03. The number of carbonyl (C=O) groups is 1. The summed E-state index contributed by atoms with van der Waals surface area (Å²) in [6.45, 7) is 0. The minimum absolute atomic E-state index is 0.398. The minimum atomic E-state index is -0.985. The van der Waals surface area contributed by atoms with E-state index in [4.69, 9.17) is 16.3 Å². The van der Waals surface area contributed by atoms with E-state index in [1.54, 1.807) is 7.11 Å². The van der Waals surface area contributed by atoms with Gasteiger partial charge in [0.05, 0.1) is 7.11 Å². The fourth-order valence-electron chi connectivity index (χ4n) is 3.71. The minimum Gasteiger partial charge on any atom is -0.497 e. The molecule has 3 aromatic carbocycles. The van der Waals surface area contributed by atoms with E-state index in [1.165, 1.54) is 0 Å². The summed E-state index contributed by atoms with van der Waals surface area (Å²) in [7, 11) is 1.62. The molecule has 0 unspecified atom stereocenters. The molecule has 0 saturated heterocycles. The van der Waals surface area contributed by atoms with Gasteiger partial charge in [0.1, 0.15) is 11.2 Å². The lowest BCUT2D eigenvalue weighted by Crippen LogP contribution is -2.33. The average Bonchev–Trinajstić information content (AvgIpc) is 2.93. The maximum absolute atomic E-state index is 12.8. The van der Waals surface area contributed by atoms with Crippen LogP contribution in [0.2, 0.25) is 0 Å². The van der Waals surface area contributed by atoms with Crippen molar-refractivity contribution >= 4 is 16.8 Å². The molecule has 0 amide bonds. The van der Waals surface area contributed by atoms with Gasteiger partial charge in [0, 0.05) is 0 Å². The van der Waals surface area contributed by atoms with E-state index in [2.05, 4.69) is 0 Å². The Balaban J connectivity index is 2.09. The number of rotatable bonds is 3. The highest BCUT2D eigenvalue weighted by Gasteiger charge is 2.49.